The van der Waals surface area contributed by atoms with Gasteiger partial charge in [-0.25, -0.2) is 4.79 Å². The van der Waals surface area contributed by atoms with E-state index >= 15 is 0 Å². The molecule has 27 heavy (non-hydrogen) atoms. The third-order valence-corrected chi connectivity index (χ3v) is 6.40. The molecule has 1 heterocycles. The zero-order valence-electron chi connectivity index (χ0n) is 13.3. The quantitative estimate of drug-likeness (QED) is 0.699. The van der Waals surface area contributed by atoms with Gasteiger partial charge in [0.2, 0.25) is 0 Å². The molecule has 10 heteroatoms. The molecule has 1 atom stereocenters. The average molecular weight is 429 g/mol. The van der Waals surface area contributed by atoms with Crippen LogP contribution in [0.4, 0.5) is 18.9 Å². The number of carbonyl (C=O) groups excluding carboxylic acids is 1. The highest BCUT2D eigenvalue weighted by atomic mass is 32.2. The first-order valence-electron chi connectivity index (χ1n) is 7.38. The average Bonchev–Trinajstić information content (AvgIpc) is 2.88. The number of benzene rings is 2. The van der Waals surface area contributed by atoms with Gasteiger partial charge in [-0.3, -0.25) is 9.69 Å². The standard InChI is InChI=1S/C17H10F3NO3S3/c18-17(19,20)10-2-1-3-11(8-10)21-13(22)15(27-16(21)25)26-12-6-4-9(5-7-12)14(23)24/h1-8,15H,(H,23,24). The van der Waals surface area contributed by atoms with Crippen LogP contribution in [0, 0.1) is 0 Å². The Kier molecular flexibility index (Phi) is 5.50. The van der Waals surface area contributed by atoms with Gasteiger partial charge < -0.3 is 5.11 Å². The van der Waals surface area contributed by atoms with E-state index in [1.165, 1.54) is 24.3 Å². The van der Waals surface area contributed by atoms with Crippen LogP contribution in [0.3, 0.4) is 0 Å². The number of rotatable bonds is 4. The van der Waals surface area contributed by atoms with Crippen LogP contribution in [0.2, 0.25) is 0 Å². The van der Waals surface area contributed by atoms with E-state index in [1.807, 2.05) is 0 Å². The molecule has 1 aliphatic heterocycles. The molecule has 1 fully saturated rings. The fourth-order valence-corrected chi connectivity index (χ4v) is 5.22. The molecule has 2 aromatic rings. The summed E-state index contributed by atoms with van der Waals surface area (Å²) < 4.78 is 38.2. The van der Waals surface area contributed by atoms with Crippen LogP contribution in [-0.4, -0.2) is 25.9 Å². The molecular weight excluding hydrogens is 419 g/mol. The summed E-state index contributed by atoms with van der Waals surface area (Å²) >= 11 is 7.41. The van der Waals surface area contributed by atoms with Crippen LogP contribution >= 0.6 is 35.7 Å². The highest BCUT2D eigenvalue weighted by molar-refractivity contribution is 8.32. The van der Waals surface area contributed by atoms with Crippen LogP contribution in [0.25, 0.3) is 0 Å². The van der Waals surface area contributed by atoms with Gasteiger partial charge in [-0.05, 0) is 42.5 Å². The monoisotopic (exact) mass is 429 g/mol. The number of nitrogens with zero attached hydrogens (tertiary/aromatic N) is 1. The maximum atomic E-state index is 12.9. The van der Waals surface area contributed by atoms with Crippen molar-refractivity contribution in [3.05, 3.63) is 59.7 Å². The van der Waals surface area contributed by atoms with Crippen LogP contribution in [0.15, 0.2) is 53.4 Å². The maximum Gasteiger partial charge on any atom is 0.416 e. The molecule has 140 valence electrons. The van der Waals surface area contributed by atoms with E-state index in [2.05, 4.69) is 0 Å². The number of thioether (sulfide) groups is 2. The third kappa shape index (κ3) is 4.28. The van der Waals surface area contributed by atoms with Crippen LogP contribution in [0.5, 0.6) is 0 Å². The number of amides is 1. The predicted molar refractivity (Wildman–Crippen MR) is 102 cm³/mol. The molecule has 3 rings (SSSR count). The summed E-state index contributed by atoms with van der Waals surface area (Å²) in [5, 5.41) is 8.91. The molecule has 1 N–H and O–H groups in total. The molecular formula is C17H10F3NO3S3. The molecule has 1 saturated heterocycles. The van der Waals surface area contributed by atoms with Gasteiger partial charge in [0.25, 0.3) is 5.91 Å². The summed E-state index contributed by atoms with van der Waals surface area (Å²) in [5.41, 5.74) is -0.677. The number of thiocarbonyl (C=S) groups is 1. The van der Waals surface area contributed by atoms with Gasteiger partial charge in [0.15, 0.2) is 0 Å². The summed E-state index contributed by atoms with van der Waals surface area (Å²) in [5.74, 6) is -1.49. The molecule has 0 spiro atoms. The summed E-state index contributed by atoms with van der Waals surface area (Å²) in [4.78, 5) is 25.3. The molecule has 1 amide bonds. The summed E-state index contributed by atoms with van der Waals surface area (Å²) in [6.07, 6.45) is -4.52. The SMILES string of the molecule is O=C(O)c1ccc(SC2SC(=S)N(c3cccc(C(F)(F)F)c3)C2=O)cc1. The van der Waals surface area contributed by atoms with Crippen molar-refractivity contribution in [2.75, 3.05) is 4.90 Å². The first-order chi connectivity index (χ1) is 12.7. The highest BCUT2D eigenvalue weighted by Crippen LogP contribution is 2.42. The molecule has 0 aliphatic carbocycles. The minimum atomic E-state index is -4.52. The van der Waals surface area contributed by atoms with Gasteiger partial charge in [-0.1, -0.05) is 30.0 Å². The second-order valence-corrected chi connectivity index (χ2v) is 8.60. The Morgan fingerprint density at radius 1 is 1.19 bits per heavy atom. The van der Waals surface area contributed by atoms with E-state index < -0.39 is 28.2 Å². The number of aromatic carboxylic acids is 1. The van der Waals surface area contributed by atoms with Gasteiger partial charge in [0.05, 0.1) is 16.8 Å². The topological polar surface area (TPSA) is 57.6 Å². The number of carboxylic acids is 1. The van der Waals surface area contributed by atoms with Crippen LogP contribution in [-0.2, 0) is 11.0 Å². The minimum Gasteiger partial charge on any atom is -0.478 e. The van der Waals surface area contributed by atoms with Gasteiger partial charge in [-0.2, -0.15) is 13.2 Å². The number of carbonyl (C=O) groups is 2. The second kappa shape index (κ2) is 7.53. The first-order valence-corrected chi connectivity index (χ1v) is 9.55. The van der Waals surface area contributed by atoms with E-state index in [-0.39, 0.29) is 15.6 Å². The zero-order valence-corrected chi connectivity index (χ0v) is 15.7. The number of halogens is 3. The summed E-state index contributed by atoms with van der Waals surface area (Å²) in [7, 11) is 0. The van der Waals surface area contributed by atoms with Crippen molar-refractivity contribution < 1.29 is 27.9 Å². The zero-order chi connectivity index (χ0) is 19.8. The van der Waals surface area contributed by atoms with Crippen molar-refractivity contribution >= 4 is 57.6 Å². The Labute approximate surface area is 165 Å². The Bertz CT molecular complexity index is 916. The van der Waals surface area contributed by atoms with Crippen molar-refractivity contribution in [3.8, 4) is 0 Å². The maximum absolute atomic E-state index is 12.9. The van der Waals surface area contributed by atoms with Crippen molar-refractivity contribution in [1.82, 2.24) is 0 Å². The summed E-state index contributed by atoms with van der Waals surface area (Å²) in [6, 6.07) is 10.4. The first kappa shape index (κ1) is 19.7. The van der Waals surface area contributed by atoms with Crippen molar-refractivity contribution in [1.29, 1.82) is 0 Å². The van der Waals surface area contributed by atoms with E-state index in [0.717, 1.165) is 40.6 Å². The second-order valence-electron chi connectivity index (χ2n) is 5.38. The number of carboxylic acid groups (broad SMARTS) is 1. The smallest absolute Gasteiger partial charge is 0.416 e. The molecule has 2 aromatic carbocycles. The number of hydrogen-bond donors (Lipinski definition) is 1. The lowest BCUT2D eigenvalue weighted by Gasteiger charge is -2.17. The molecule has 0 saturated carbocycles. The van der Waals surface area contributed by atoms with Gasteiger partial charge in [0, 0.05) is 4.90 Å². The molecule has 0 bridgehead atoms. The fourth-order valence-electron chi connectivity index (χ4n) is 2.32. The molecule has 1 unspecified atom stereocenters. The Hall–Kier alpha value is -2.04. The number of alkyl halides is 3. The molecule has 4 nitrogen and oxygen atoms in total. The molecule has 0 radical (unpaired) electrons. The van der Waals surface area contributed by atoms with E-state index in [9.17, 15) is 22.8 Å². The minimum absolute atomic E-state index is 0.0663. The largest absolute Gasteiger partial charge is 0.478 e. The third-order valence-electron chi connectivity index (χ3n) is 3.59. The van der Waals surface area contributed by atoms with E-state index in [1.54, 1.807) is 12.1 Å². The predicted octanol–water partition coefficient (Wildman–Crippen LogP) is 4.89. The lowest BCUT2D eigenvalue weighted by molar-refractivity contribution is -0.137. The van der Waals surface area contributed by atoms with E-state index in [0.29, 0.717) is 4.90 Å². The summed E-state index contributed by atoms with van der Waals surface area (Å²) in [6.45, 7) is 0. The highest BCUT2D eigenvalue weighted by Gasteiger charge is 2.39. The van der Waals surface area contributed by atoms with Gasteiger partial charge in [0.1, 0.15) is 8.90 Å². The van der Waals surface area contributed by atoms with Gasteiger partial charge in [-0.15, -0.1) is 11.8 Å². The lowest BCUT2D eigenvalue weighted by Crippen LogP contribution is -2.30. The normalized spacial score (nSPS) is 17.4. The van der Waals surface area contributed by atoms with Crippen molar-refractivity contribution in [2.24, 2.45) is 0 Å². The van der Waals surface area contributed by atoms with Gasteiger partial charge >= 0.3 is 12.1 Å². The molecule has 1 aliphatic rings. The Morgan fingerprint density at radius 2 is 1.85 bits per heavy atom. The van der Waals surface area contributed by atoms with Crippen LogP contribution < -0.4 is 4.90 Å². The lowest BCUT2D eigenvalue weighted by atomic mass is 10.2. The number of hydrogen-bond acceptors (Lipinski definition) is 5. The Balaban J connectivity index is 1.80. The Morgan fingerprint density at radius 3 is 2.44 bits per heavy atom. The number of anilines is 1. The van der Waals surface area contributed by atoms with E-state index in [4.69, 9.17) is 17.3 Å². The van der Waals surface area contributed by atoms with Crippen molar-refractivity contribution in [3.63, 3.8) is 0 Å². The molecule has 0 aromatic heterocycles. The van der Waals surface area contributed by atoms with Crippen LogP contribution in [0.1, 0.15) is 15.9 Å². The fraction of sp³-hybridized carbons (Fsp3) is 0.118. The van der Waals surface area contributed by atoms with Crippen molar-refractivity contribution in [2.45, 2.75) is 15.7 Å².